The number of carboxylic acid groups (broad SMARTS) is 1. The number of amides is 1. The summed E-state index contributed by atoms with van der Waals surface area (Å²) in [4.78, 5) is 22.1. The zero-order valence-corrected chi connectivity index (χ0v) is 15.6. The number of aliphatic hydroxyl groups is 1. The molecule has 0 aromatic carbocycles. The SMILES string of the molecule is CCCCCCCCCCCC(=O)NC(CO)C(=O)O.[Na]. The summed E-state index contributed by atoms with van der Waals surface area (Å²) in [5.41, 5.74) is 0. The van der Waals surface area contributed by atoms with Crippen LogP contribution in [-0.2, 0) is 9.59 Å². The molecule has 6 heteroatoms. The van der Waals surface area contributed by atoms with Crippen LogP contribution in [0.3, 0.4) is 0 Å². The number of aliphatic carboxylic acids is 1. The number of aliphatic hydroxyl groups excluding tert-OH is 1. The molecule has 1 radical (unpaired) electrons. The van der Waals surface area contributed by atoms with Gasteiger partial charge in [0.15, 0.2) is 0 Å². The Morgan fingerprint density at radius 3 is 1.86 bits per heavy atom. The molecule has 1 atom stereocenters. The molecule has 119 valence electrons. The van der Waals surface area contributed by atoms with Gasteiger partial charge in [0.25, 0.3) is 0 Å². The van der Waals surface area contributed by atoms with Crippen LogP contribution in [0.2, 0.25) is 0 Å². The molecule has 0 aromatic rings. The van der Waals surface area contributed by atoms with Crippen molar-refractivity contribution in [1.29, 1.82) is 0 Å². The van der Waals surface area contributed by atoms with Crippen molar-refractivity contribution in [1.82, 2.24) is 5.32 Å². The number of carbonyl (C=O) groups is 2. The number of hydrogen-bond acceptors (Lipinski definition) is 3. The minimum absolute atomic E-state index is 0. The molecule has 0 spiro atoms. The molecule has 0 aromatic heterocycles. The predicted octanol–water partition coefficient (Wildman–Crippen LogP) is 2.09. The molecule has 0 aliphatic rings. The maximum atomic E-state index is 11.4. The largest absolute Gasteiger partial charge is 0.480 e. The summed E-state index contributed by atoms with van der Waals surface area (Å²) >= 11 is 0. The van der Waals surface area contributed by atoms with Crippen molar-refractivity contribution in [3.8, 4) is 0 Å². The predicted molar refractivity (Wildman–Crippen MR) is 84.3 cm³/mol. The average molecular weight is 310 g/mol. The van der Waals surface area contributed by atoms with Crippen LogP contribution in [0.15, 0.2) is 0 Å². The zero-order chi connectivity index (χ0) is 15.2. The smallest absolute Gasteiger partial charge is 0.328 e. The van der Waals surface area contributed by atoms with Crippen LogP contribution >= 0.6 is 0 Å². The fourth-order valence-electron chi connectivity index (χ4n) is 2.05. The first kappa shape index (κ1) is 23.2. The van der Waals surface area contributed by atoms with E-state index in [0.29, 0.717) is 6.42 Å². The van der Waals surface area contributed by atoms with E-state index >= 15 is 0 Å². The molecule has 1 amide bonds. The number of nitrogens with one attached hydrogen (secondary N) is 1. The van der Waals surface area contributed by atoms with Crippen molar-refractivity contribution in [3.63, 3.8) is 0 Å². The van der Waals surface area contributed by atoms with E-state index in [0.717, 1.165) is 19.3 Å². The van der Waals surface area contributed by atoms with Gasteiger partial charge in [-0.25, -0.2) is 4.79 Å². The van der Waals surface area contributed by atoms with Gasteiger partial charge in [-0.05, 0) is 6.42 Å². The van der Waals surface area contributed by atoms with Gasteiger partial charge in [0.05, 0.1) is 6.61 Å². The quantitative estimate of drug-likeness (QED) is 0.359. The Balaban J connectivity index is 0. The van der Waals surface area contributed by atoms with Crippen LogP contribution in [-0.4, -0.2) is 64.3 Å². The van der Waals surface area contributed by atoms with Crippen LogP contribution < -0.4 is 5.32 Å². The number of unbranched alkanes of at least 4 members (excludes halogenated alkanes) is 8. The molecule has 0 aliphatic carbocycles. The molecule has 0 fully saturated rings. The second kappa shape index (κ2) is 16.3. The van der Waals surface area contributed by atoms with E-state index in [-0.39, 0.29) is 35.5 Å². The first-order valence-corrected chi connectivity index (χ1v) is 7.74. The number of hydrogen-bond donors (Lipinski definition) is 3. The van der Waals surface area contributed by atoms with Gasteiger partial charge in [-0.15, -0.1) is 0 Å². The van der Waals surface area contributed by atoms with Gasteiger partial charge in [0.1, 0.15) is 6.04 Å². The van der Waals surface area contributed by atoms with Crippen molar-refractivity contribution in [3.05, 3.63) is 0 Å². The van der Waals surface area contributed by atoms with Gasteiger partial charge >= 0.3 is 5.97 Å². The molecular weight excluding hydrogens is 281 g/mol. The Morgan fingerprint density at radius 1 is 0.952 bits per heavy atom. The van der Waals surface area contributed by atoms with E-state index in [1.807, 2.05) is 0 Å². The van der Waals surface area contributed by atoms with Crippen LogP contribution in [0.4, 0.5) is 0 Å². The van der Waals surface area contributed by atoms with Crippen LogP contribution in [0, 0.1) is 0 Å². The maximum Gasteiger partial charge on any atom is 0.328 e. The van der Waals surface area contributed by atoms with Crippen LogP contribution in [0.25, 0.3) is 0 Å². The minimum atomic E-state index is -1.20. The van der Waals surface area contributed by atoms with Crippen LogP contribution in [0.5, 0.6) is 0 Å². The van der Waals surface area contributed by atoms with Crippen molar-refractivity contribution in [2.75, 3.05) is 6.61 Å². The van der Waals surface area contributed by atoms with E-state index in [1.165, 1.54) is 38.5 Å². The van der Waals surface area contributed by atoms with Crippen molar-refractivity contribution >= 4 is 41.4 Å². The molecule has 5 nitrogen and oxygen atoms in total. The first-order chi connectivity index (χ1) is 9.61. The van der Waals surface area contributed by atoms with Crippen LogP contribution in [0.1, 0.15) is 71.1 Å². The molecule has 21 heavy (non-hydrogen) atoms. The van der Waals surface area contributed by atoms with E-state index in [2.05, 4.69) is 12.2 Å². The van der Waals surface area contributed by atoms with Gasteiger partial charge < -0.3 is 15.5 Å². The van der Waals surface area contributed by atoms with Gasteiger partial charge in [-0.3, -0.25) is 4.79 Å². The Bertz CT molecular complexity index is 274. The third-order valence-electron chi connectivity index (χ3n) is 3.32. The normalized spacial score (nSPS) is 11.5. The summed E-state index contributed by atoms with van der Waals surface area (Å²) in [5.74, 6) is -1.50. The summed E-state index contributed by atoms with van der Waals surface area (Å²) in [7, 11) is 0. The molecule has 3 N–H and O–H groups in total. The molecule has 0 bridgehead atoms. The van der Waals surface area contributed by atoms with E-state index in [4.69, 9.17) is 10.2 Å². The van der Waals surface area contributed by atoms with Crippen molar-refractivity contribution < 1.29 is 19.8 Å². The van der Waals surface area contributed by atoms with E-state index < -0.39 is 18.6 Å². The molecule has 0 heterocycles. The third-order valence-corrected chi connectivity index (χ3v) is 3.32. The fraction of sp³-hybridized carbons (Fsp3) is 0.867. The number of carbonyl (C=O) groups excluding carboxylic acids is 1. The van der Waals surface area contributed by atoms with E-state index in [9.17, 15) is 9.59 Å². The standard InChI is InChI=1S/C15H29NO4.Na/c1-2-3-4-5-6-7-8-9-10-11-14(18)16-13(12-17)15(19)20;/h13,17H,2-12H2,1H3,(H,16,18)(H,19,20);. The molecule has 0 saturated heterocycles. The summed E-state index contributed by atoms with van der Waals surface area (Å²) in [5, 5.41) is 19.8. The first-order valence-electron chi connectivity index (χ1n) is 7.74. The molecule has 0 rings (SSSR count). The van der Waals surface area contributed by atoms with Gasteiger partial charge in [0.2, 0.25) is 5.91 Å². The summed E-state index contributed by atoms with van der Waals surface area (Å²) < 4.78 is 0. The Hall–Kier alpha value is -0.100. The van der Waals surface area contributed by atoms with Crippen molar-refractivity contribution in [2.24, 2.45) is 0 Å². The summed E-state index contributed by atoms with van der Waals surface area (Å²) in [6.45, 7) is 1.63. The number of rotatable bonds is 13. The second-order valence-corrected chi connectivity index (χ2v) is 5.22. The minimum Gasteiger partial charge on any atom is -0.480 e. The van der Waals surface area contributed by atoms with E-state index in [1.54, 1.807) is 0 Å². The van der Waals surface area contributed by atoms with Gasteiger partial charge in [-0.1, -0.05) is 58.3 Å². The van der Waals surface area contributed by atoms with Crippen molar-refractivity contribution in [2.45, 2.75) is 77.2 Å². The Labute approximate surface area is 150 Å². The molecule has 0 aliphatic heterocycles. The fourth-order valence-corrected chi connectivity index (χ4v) is 2.05. The second-order valence-electron chi connectivity index (χ2n) is 5.22. The van der Waals surface area contributed by atoms with Gasteiger partial charge in [0, 0.05) is 36.0 Å². The monoisotopic (exact) mass is 310 g/mol. The maximum absolute atomic E-state index is 11.4. The topological polar surface area (TPSA) is 86.6 Å². The summed E-state index contributed by atoms with van der Waals surface area (Å²) in [6.07, 6.45) is 10.9. The summed E-state index contributed by atoms with van der Waals surface area (Å²) in [6, 6.07) is -1.18. The number of carboxylic acids is 1. The Morgan fingerprint density at radius 2 is 1.43 bits per heavy atom. The molecule has 1 unspecified atom stereocenters. The average Bonchev–Trinajstić information content (AvgIpc) is 2.42. The third kappa shape index (κ3) is 14.6. The Kier molecular flexibility index (Phi) is 18.0. The zero-order valence-electron chi connectivity index (χ0n) is 13.6. The van der Waals surface area contributed by atoms with Gasteiger partial charge in [-0.2, -0.15) is 0 Å². The molecular formula is C15H29NNaO4. The molecule has 0 saturated carbocycles.